The number of nitrogens with zero attached hydrogens (tertiary/aromatic N) is 1. The molecular formula is C11H24BrNS. The molecule has 0 radical (unpaired) electrons. The van der Waals surface area contributed by atoms with E-state index in [0.717, 1.165) is 5.33 Å². The molecule has 1 nitrogen and oxygen atoms in total. The van der Waals surface area contributed by atoms with Gasteiger partial charge in [0.15, 0.2) is 0 Å². The van der Waals surface area contributed by atoms with Crippen molar-refractivity contribution in [3.8, 4) is 0 Å². The van der Waals surface area contributed by atoms with Gasteiger partial charge >= 0.3 is 0 Å². The van der Waals surface area contributed by atoms with Gasteiger partial charge in [-0.1, -0.05) is 29.3 Å². The summed E-state index contributed by atoms with van der Waals surface area (Å²) in [5.74, 6) is 2.58. The molecule has 0 amide bonds. The van der Waals surface area contributed by atoms with Crippen LogP contribution in [-0.4, -0.2) is 41.9 Å². The van der Waals surface area contributed by atoms with Crippen LogP contribution < -0.4 is 0 Å². The van der Waals surface area contributed by atoms with E-state index in [1.807, 2.05) is 11.8 Å². The number of unbranched alkanes of at least 4 members (excludes halogenated alkanes) is 2. The number of rotatable bonds is 10. The van der Waals surface area contributed by atoms with Gasteiger partial charge in [-0.05, 0) is 50.9 Å². The van der Waals surface area contributed by atoms with Crippen molar-refractivity contribution in [3.63, 3.8) is 0 Å². The van der Waals surface area contributed by atoms with E-state index < -0.39 is 0 Å². The molecule has 3 heteroatoms. The predicted molar refractivity (Wildman–Crippen MR) is 72.8 cm³/mol. The van der Waals surface area contributed by atoms with Gasteiger partial charge in [-0.3, -0.25) is 0 Å². The summed E-state index contributed by atoms with van der Waals surface area (Å²) in [6.45, 7) is 4.76. The minimum absolute atomic E-state index is 1.16. The Hall–Kier alpha value is 0.790. The minimum Gasteiger partial charge on any atom is -0.306 e. The largest absolute Gasteiger partial charge is 0.306 e. The second-order valence-corrected chi connectivity index (χ2v) is 5.79. The summed E-state index contributed by atoms with van der Waals surface area (Å²) in [6, 6.07) is 0. The summed E-state index contributed by atoms with van der Waals surface area (Å²) in [5, 5.41) is 1.16. The number of thioether (sulfide) groups is 1. The van der Waals surface area contributed by atoms with Crippen molar-refractivity contribution < 1.29 is 0 Å². The summed E-state index contributed by atoms with van der Waals surface area (Å²) in [7, 11) is 2.24. The molecule has 86 valence electrons. The maximum absolute atomic E-state index is 3.46. The van der Waals surface area contributed by atoms with Crippen molar-refractivity contribution in [2.45, 2.75) is 32.6 Å². The van der Waals surface area contributed by atoms with E-state index in [0.29, 0.717) is 0 Å². The third-order valence-electron chi connectivity index (χ3n) is 2.21. The van der Waals surface area contributed by atoms with Crippen LogP contribution in [0.15, 0.2) is 0 Å². The molecule has 0 atom stereocenters. The zero-order chi connectivity index (χ0) is 10.6. The van der Waals surface area contributed by atoms with Crippen LogP contribution in [0.5, 0.6) is 0 Å². The molecule has 0 aliphatic rings. The van der Waals surface area contributed by atoms with Gasteiger partial charge in [-0.25, -0.2) is 0 Å². The lowest BCUT2D eigenvalue weighted by Gasteiger charge is -2.15. The van der Waals surface area contributed by atoms with Crippen molar-refractivity contribution in [2.24, 2.45) is 0 Å². The first-order valence-corrected chi connectivity index (χ1v) is 7.91. The van der Waals surface area contributed by atoms with Gasteiger partial charge in [0, 0.05) is 5.33 Å². The molecule has 0 spiro atoms. The highest BCUT2D eigenvalue weighted by Crippen LogP contribution is 2.03. The first-order chi connectivity index (χ1) is 6.81. The van der Waals surface area contributed by atoms with Crippen LogP contribution in [-0.2, 0) is 0 Å². The van der Waals surface area contributed by atoms with Crippen molar-refractivity contribution >= 4 is 27.7 Å². The number of halogens is 1. The van der Waals surface area contributed by atoms with Gasteiger partial charge in [0.05, 0.1) is 0 Å². The highest BCUT2D eigenvalue weighted by atomic mass is 79.9. The monoisotopic (exact) mass is 281 g/mol. The van der Waals surface area contributed by atoms with Crippen LogP contribution in [0.2, 0.25) is 0 Å². The minimum atomic E-state index is 1.16. The summed E-state index contributed by atoms with van der Waals surface area (Å²) in [5.41, 5.74) is 0. The second-order valence-electron chi connectivity index (χ2n) is 3.60. The Morgan fingerprint density at radius 2 is 1.79 bits per heavy atom. The number of hydrogen-bond acceptors (Lipinski definition) is 2. The number of alkyl halides is 1. The lowest BCUT2D eigenvalue weighted by molar-refractivity contribution is 0.327. The normalized spacial score (nSPS) is 11.1. The van der Waals surface area contributed by atoms with Gasteiger partial charge < -0.3 is 4.90 Å². The highest BCUT2D eigenvalue weighted by Gasteiger charge is 1.97. The van der Waals surface area contributed by atoms with Gasteiger partial charge in [0.2, 0.25) is 0 Å². The van der Waals surface area contributed by atoms with Gasteiger partial charge in [0.25, 0.3) is 0 Å². The lowest BCUT2D eigenvalue weighted by atomic mass is 10.2. The van der Waals surface area contributed by atoms with E-state index in [9.17, 15) is 0 Å². The average molecular weight is 282 g/mol. The molecule has 0 aliphatic heterocycles. The summed E-state index contributed by atoms with van der Waals surface area (Å²) >= 11 is 5.51. The third kappa shape index (κ3) is 10.9. The zero-order valence-corrected chi connectivity index (χ0v) is 12.0. The van der Waals surface area contributed by atoms with Gasteiger partial charge in [-0.2, -0.15) is 11.8 Å². The van der Waals surface area contributed by atoms with Crippen LogP contribution in [0.25, 0.3) is 0 Å². The second kappa shape index (κ2) is 11.9. The molecule has 0 aromatic rings. The van der Waals surface area contributed by atoms with Crippen LogP contribution in [0.1, 0.15) is 32.6 Å². The molecule has 0 rings (SSSR count). The van der Waals surface area contributed by atoms with Crippen LogP contribution in [0, 0.1) is 0 Å². The molecule has 0 saturated heterocycles. The van der Waals surface area contributed by atoms with E-state index in [2.05, 4.69) is 34.8 Å². The molecule has 14 heavy (non-hydrogen) atoms. The fourth-order valence-corrected chi connectivity index (χ4v) is 2.36. The lowest BCUT2D eigenvalue weighted by Crippen LogP contribution is -2.21. The van der Waals surface area contributed by atoms with Gasteiger partial charge in [-0.15, -0.1) is 0 Å². The molecule has 0 aromatic carbocycles. The Kier molecular flexibility index (Phi) is 12.5. The molecule has 0 aliphatic carbocycles. The molecule has 0 heterocycles. The van der Waals surface area contributed by atoms with Crippen LogP contribution in [0.4, 0.5) is 0 Å². The van der Waals surface area contributed by atoms with Gasteiger partial charge in [0.1, 0.15) is 0 Å². The van der Waals surface area contributed by atoms with Crippen molar-refractivity contribution in [1.82, 2.24) is 4.90 Å². The topological polar surface area (TPSA) is 3.24 Å². The fourth-order valence-electron chi connectivity index (χ4n) is 1.35. The maximum Gasteiger partial charge on any atom is 0.00313 e. The van der Waals surface area contributed by atoms with E-state index in [1.165, 1.54) is 50.3 Å². The van der Waals surface area contributed by atoms with E-state index >= 15 is 0 Å². The SMILES string of the molecule is CCSCCCN(C)CCCCCBr. The highest BCUT2D eigenvalue weighted by molar-refractivity contribution is 9.09. The van der Waals surface area contributed by atoms with Crippen LogP contribution in [0.3, 0.4) is 0 Å². The van der Waals surface area contributed by atoms with E-state index in [-0.39, 0.29) is 0 Å². The fraction of sp³-hybridized carbons (Fsp3) is 1.00. The Morgan fingerprint density at radius 3 is 2.43 bits per heavy atom. The summed E-state index contributed by atoms with van der Waals surface area (Å²) in [6.07, 6.45) is 5.37. The molecule has 0 bridgehead atoms. The van der Waals surface area contributed by atoms with Crippen molar-refractivity contribution in [3.05, 3.63) is 0 Å². The summed E-state index contributed by atoms with van der Waals surface area (Å²) < 4.78 is 0. The maximum atomic E-state index is 3.46. The van der Waals surface area contributed by atoms with Crippen LogP contribution >= 0.6 is 27.7 Å². The summed E-state index contributed by atoms with van der Waals surface area (Å²) in [4.78, 5) is 2.46. The Balaban J connectivity index is 3.07. The quantitative estimate of drug-likeness (QED) is 0.444. The Morgan fingerprint density at radius 1 is 1.07 bits per heavy atom. The van der Waals surface area contributed by atoms with Crippen molar-refractivity contribution in [2.75, 3.05) is 37.0 Å². The Labute approximate surface area is 102 Å². The van der Waals surface area contributed by atoms with E-state index in [1.54, 1.807) is 0 Å². The molecule has 0 N–H and O–H groups in total. The first-order valence-electron chi connectivity index (χ1n) is 5.63. The third-order valence-corrected chi connectivity index (χ3v) is 3.75. The first kappa shape index (κ1) is 14.8. The smallest absolute Gasteiger partial charge is 0.00313 e. The molecule has 0 unspecified atom stereocenters. The van der Waals surface area contributed by atoms with Crippen molar-refractivity contribution in [1.29, 1.82) is 0 Å². The number of hydrogen-bond donors (Lipinski definition) is 0. The molecule has 0 fully saturated rings. The standard InChI is InChI=1S/C11H24BrNS/c1-3-14-11-7-10-13(2)9-6-4-5-8-12/h3-11H2,1-2H3. The average Bonchev–Trinajstić information content (AvgIpc) is 2.19. The molecular weight excluding hydrogens is 258 g/mol. The molecule has 0 aromatic heterocycles. The molecule has 0 saturated carbocycles. The predicted octanol–water partition coefficient (Wildman–Crippen LogP) is 3.63. The Bertz CT molecular complexity index is 99.5. The zero-order valence-electron chi connectivity index (χ0n) is 9.60. The van der Waals surface area contributed by atoms with E-state index in [4.69, 9.17) is 0 Å².